The third-order valence-electron chi connectivity index (χ3n) is 6.98. The molecule has 6 heteroatoms. The van der Waals surface area contributed by atoms with Gasteiger partial charge in [-0.3, -0.25) is 9.61 Å². The second-order valence-electron chi connectivity index (χ2n) is 8.91. The number of fused-ring (bicyclic) bond motifs is 2. The highest BCUT2D eigenvalue weighted by Crippen LogP contribution is 2.43. The van der Waals surface area contributed by atoms with Crippen molar-refractivity contribution in [3.8, 4) is 0 Å². The van der Waals surface area contributed by atoms with Crippen LogP contribution in [0.25, 0.3) is 16.8 Å². The predicted octanol–water partition coefficient (Wildman–Crippen LogP) is 4.96. The van der Waals surface area contributed by atoms with Crippen LogP contribution in [0.3, 0.4) is 0 Å². The molecule has 1 unspecified atom stereocenters. The standard InChI is InChI=1S/C26H25N5O/c1-26-16-19(10-11-20(26)12-13-21(31(26)32)17-6-3-2-4-7-17)22-23-24(27)28-14-15-30(23)25(29-22)18-8-5-9-18/h2-4,6-7,10-16,18,32H,5,8-9H2,1H3,(H2,27,28). The summed E-state index contributed by atoms with van der Waals surface area (Å²) in [6, 6.07) is 9.92. The summed E-state index contributed by atoms with van der Waals surface area (Å²) >= 11 is 0. The zero-order valence-corrected chi connectivity index (χ0v) is 17.9. The van der Waals surface area contributed by atoms with Crippen LogP contribution >= 0.6 is 0 Å². The molecule has 1 fully saturated rings. The number of hydroxylamine groups is 2. The molecule has 1 saturated carbocycles. The van der Waals surface area contributed by atoms with Crippen molar-refractivity contribution in [3.63, 3.8) is 0 Å². The first-order chi connectivity index (χ1) is 15.6. The van der Waals surface area contributed by atoms with Crippen LogP contribution in [0.1, 0.15) is 49.2 Å². The smallest absolute Gasteiger partial charge is 0.150 e. The first kappa shape index (κ1) is 19.1. The highest BCUT2D eigenvalue weighted by atomic mass is 16.5. The lowest BCUT2D eigenvalue weighted by molar-refractivity contribution is -0.0782. The number of anilines is 1. The van der Waals surface area contributed by atoms with E-state index in [1.165, 1.54) is 11.5 Å². The van der Waals surface area contributed by atoms with E-state index in [1.807, 2.05) is 49.5 Å². The summed E-state index contributed by atoms with van der Waals surface area (Å²) in [5.74, 6) is 1.97. The van der Waals surface area contributed by atoms with Gasteiger partial charge in [0.05, 0.1) is 11.4 Å². The predicted molar refractivity (Wildman–Crippen MR) is 126 cm³/mol. The molecule has 0 bridgehead atoms. The average molecular weight is 424 g/mol. The number of nitrogens with zero attached hydrogens (tertiary/aromatic N) is 4. The zero-order chi connectivity index (χ0) is 21.9. The Morgan fingerprint density at radius 1 is 1.12 bits per heavy atom. The molecule has 3 heterocycles. The fourth-order valence-electron chi connectivity index (χ4n) is 4.90. The van der Waals surface area contributed by atoms with Gasteiger partial charge in [-0.05, 0) is 37.5 Å². The maximum atomic E-state index is 11.3. The highest BCUT2D eigenvalue weighted by Gasteiger charge is 2.39. The number of imidazole rings is 1. The van der Waals surface area contributed by atoms with E-state index < -0.39 is 5.54 Å². The van der Waals surface area contributed by atoms with E-state index in [4.69, 9.17) is 10.7 Å². The minimum absolute atomic E-state index is 0.453. The molecule has 1 aliphatic heterocycles. The molecule has 0 saturated heterocycles. The van der Waals surface area contributed by atoms with Crippen LogP contribution < -0.4 is 5.73 Å². The summed E-state index contributed by atoms with van der Waals surface area (Å²) in [6.45, 7) is 2.02. The van der Waals surface area contributed by atoms with Crippen molar-refractivity contribution >= 4 is 22.6 Å². The SMILES string of the molecule is CC12C=C(c3nc(C4CCC4)n4ccnc(N)c34)C=CC1=CC=C(c1ccccc1)N2O. The molecule has 160 valence electrons. The number of benzene rings is 1. The molecule has 0 spiro atoms. The van der Waals surface area contributed by atoms with Crippen LogP contribution in [0.5, 0.6) is 0 Å². The van der Waals surface area contributed by atoms with Crippen molar-refractivity contribution in [1.82, 2.24) is 19.4 Å². The fourth-order valence-corrected chi connectivity index (χ4v) is 4.90. The van der Waals surface area contributed by atoms with Crippen LogP contribution in [0.15, 0.2) is 78.7 Å². The Balaban J connectivity index is 1.48. The van der Waals surface area contributed by atoms with Gasteiger partial charge >= 0.3 is 0 Å². The highest BCUT2D eigenvalue weighted by molar-refractivity contribution is 5.89. The van der Waals surface area contributed by atoms with Crippen LogP contribution in [-0.4, -0.2) is 30.2 Å². The molecule has 1 atom stereocenters. The van der Waals surface area contributed by atoms with E-state index in [1.54, 1.807) is 6.20 Å². The number of allylic oxidation sites excluding steroid dienone is 4. The van der Waals surface area contributed by atoms with E-state index in [9.17, 15) is 5.21 Å². The van der Waals surface area contributed by atoms with Gasteiger partial charge in [-0.15, -0.1) is 0 Å². The van der Waals surface area contributed by atoms with E-state index in [2.05, 4.69) is 33.7 Å². The van der Waals surface area contributed by atoms with Crippen molar-refractivity contribution in [3.05, 3.63) is 95.8 Å². The lowest BCUT2D eigenvalue weighted by atomic mass is 9.81. The minimum atomic E-state index is -0.729. The number of nitrogen functional groups attached to an aromatic ring is 1. The van der Waals surface area contributed by atoms with Gasteiger partial charge in [-0.2, -0.15) is 0 Å². The van der Waals surface area contributed by atoms with Gasteiger partial charge in [-0.25, -0.2) is 15.0 Å². The normalized spacial score (nSPS) is 22.8. The van der Waals surface area contributed by atoms with Crippen molar-refractivity contribution in [2.24, 2.45) is 0 Å². The van der Waals surface area contributed by atoms with Gasteiger partial charge in [0.1, 0.15) is 22.7 Å². The average Bonchev–Trinajstić information content (AvgIpc) is 3.14. The summed E-state index contributed by atoms with van der Waals surface area (Å²) in [6.07, 6.45) is 17.4. The van der Waals surface area contributed by atoms with Gasteiger partial charge < -0.3 is 5.73 Å². The van der Waals surface area contributed by atoms with Gasteiger partial charge in [0, 0.05) is 29.4 Å². The summed E-state index contributed by atoms with van der Waals surface area (Å²) in [5, 5.41) is 12.7. The second kappa shape index (κ2) is 6.93. The van der Waals surface area contributed by atoms with E-state index in [0.29, 0.717) is 11.7 Å². The summed E-state index contributed by atoms with van der Waals surface area (Å²) < 4.78 is 2.09. The Hall–Kier alpha value is -3.64. The Kier molecular flexibility index (Phi) is 4.13. The summed E-state index contributed by atoms with van der Waals surface area (Å²) in [5.41, 5.74) is 10.9. The minimum Gasteiger partial charge on any atom is -0.382 e. The van der Waals surface area contributed by atoms with Crippen molar-refractivity contribution < 1.29 is 5.21 Å². The van der Waals surface area contributed by atoms with Crippen LogP contribution in [0.2, 0.25) is 0 Å². The monoisotopic (exact) mass is 423 g/mol. The van der Waals surface area contributed by atoms with Crippen molar-refractivity contribution in [1.29, 1.82) is 0 Å². The van der Waals surface area contributed by atoms with Crippen LogP contribution in [-0.2, 0) is 0 Å². The van der Waals surface area contributed by atoms with E-state index in [-0.39, 0.29) is 0 Å². The lowest BCUT2D eigenvalue weighted by Crippen LogP contribution is -2.45. The van der Waals surface area contributed by atoms with Gasteiger partial charge in [-0.1, -0.05) is 55.0 Å². The van der Waals surface area contributed by atoms with Gasteiger partial charge in [0.25, 0.3) is 0 Å². The molecule has 2 aliphatic carbocycles. The molecule has 2 aromatic heterocycles. The molecule has 3 aromatic rings. The molecule has 3 N–H and O–H groups in total. The molecule has 0 radical (unpaired) electrons. The number of rotatable bonds is 3. The van der Waals surface area contributed by atoms with Gasteiger partial charge in [0.2, 0.25) is 0 Å². The quantitative estimate of drug-likeness (QED) is 0.622. The molecular weight excluding hydrogens is 398 g/mol. The third kappa shape index (κ3) is 2.69. The van der Waals surface area contributed by atoms with E-state index >= 15 is 0 Å². The Morgan fingerprint density at radius 2 is 1.94 bits per heavy atom. The Labute approximate surface area is 186 Å². The fraction of sp³-hybridized carbons (Fsp3) is 0.231. The second-order valence-corrected chi connectivity index (χ2v) is 8.91. The molecule has 6 nitrogen and oxygen atoms in total. The van der Waals surface area contributed by atoms with E-state index in [0.717, 1.165) is 52.3 Å². The molecule has 6 rings (SSSR count). The Morgan fingerprint density at radius 3 is 2.69 bits per heavy atom. The maximum Gasteiger partial charge on any atom is 0.150 e. The first-order valence-corrected chi connectivity index (χ1v) is 11.1. The molecule has 0 amide bonds. The number of hydrogen-bond acceptors (Lipinski definition) is 5. The molecule has 3 aliphatic rings. The van der Waals surface area contributed by atoms with Crippen molar-refractivity contribution in [2.75, 3.05) is 5.73 Å². The topological polar surface area (TPSA) is 79.7 Å². The molecular formula is C26H25N5O. The maximum absolute atomic E-state index is 11.3. The van der Waals surface area contributed by atoms with Crippen molar-refractivity contribution in [2.45, 2.75) is 37.6 Å². The largest absolute Gasteiger partial charge is 0.382 e. The number of aromatic nitrogens is 3. The first-order valence-electron chi connectivity index (χ1n) is 11.1. The molecule has 1 aromatic carbocycles. The lowest BCUT2D eigenvalue weighted by Gasteiger charge is -2.42. The van der Waals surface area contributed by atoms with Gasteiger partial charge in [0.15, 0.2) is 0 Å². The van der Waals surface area contributed by atoms with Crippen LogP contribution in [0.4, 0.5) is 5.82 Å². The zero-order valence-electron chi connectivity index (χ0n) is 17.9. The number of nitrogens with two attached hydrogens (primary N) is 1. The Bertz CT molecular complexity index is 1340. The summed E-state index contributed by atoms with van der Waals surface area (Å²) in [4.78, 5) is 9.39. The molecule has 32 heavy (non-hydrogen) atoms. The third-order valence-corrected chi connectivity index (χ3v) is 6.98. The summed E-state index contributed by atoms with van der Waals surface area (Å²) in [7, 11) is 0. The van der Waals surface area contributed by atoms with Crippen LogP contribution in [0, 0.1) is 0 Å². The number of hydrogen-bond donors (Lipinski definition) is 2.